The first-order valence-corrected chi connectivity index (χ1v) is 16.5. The number of sulfonamides is 1. The molecule has 2 unspecified atom stereocenters. The van der Waals surface area contributed by atoms with Crippen molar-refractivity contribution >= 4 is 27.0 Å². The molecule has 1 N–H and O–H groups in total. The molecule has 228 valence electrons. The molecule has 0 saturated heterocycles. The highest BCUT2D eigenvalue weighted by atomic mass is 32.2. The number of aromatic nitrogens is 3. The molecular weight excluding hydrogens is 564 g/mol. The number of para-hydroxylation sites is 1. The summed E-state index contributed by atoms with van der Waals surface area (Å²) in [5.41, 5.74) is 6.05. The van der Waals surface area contributed by atoms with Gasteiger partial charge in [-0.2, -0.15) is 4.31 Å². The Morgan fingerprint density at radius 3 is 2.63 bits per heavy atom. The second-order valence-corrected chi connectivity index (χ2v) is 13.3. The molecule has 0 bridgehead atoms. The second-order valence-electron chi connectivity index (χ2n) is 11.4. The van der Waals surface area contributed by atoms with Gasteiger partial charge in [0.15, 0.2) is 0 Å². The molecule has 0 amide bonds. The van der Waals surface area contributed by atoms with Gasteiger partial charge in [0, 0.05) is 19.0 Å². The number of rotatable bonds is 11. The molecule has 0 aliphatic carbocycles. The largest absolute Gasteiger partial charge is 0.488 e. The number of hydrogen-bond acceptors (Lipinski definition) is 6. The minimum absolute atomic E-state index is 0.111. The smallest absolute Gasteiger partial charge is 0.304 e. The van der Waals surface area contributed by atoms with Crippen LogP contribution in [0.2, 0.25) is 0 Å². The number of aryl methyl sites for hydroxylation is 3. The van der Waals surface area contributed by atoms with Crippen molar-refractivity contribution in [3.05, 3.63) is 82.4 Å². The van der Waals surface area contributed by atoms with Crippen molar-refractivity contribution in [2.24, 2.45) is 0 Å². The molecule has 0 spiro atoms. The van der Waals surface area contributed by atoms with Gasteiger partial charge in [0.05, 0.1) is 18.5 Å². The maximum Gasteiger partial charge on any atom is 0.304 e. The Morgan fingerprint density at radius 2 is 1.88 bits per heavy atom. The average molecular weight is 605 g/mol. The second kappa shape index (κ2) is 12.9. The number of carbonyl (C=O) groups is 1. The van der Waals surface area contributed by atoms with Crippen LogP contribution in [0.15, 0.2) is 59.5 Å². The molecule has 9 nitrogen and oxygen atoms in total. The van der Waals surface area contributed by atoms with Crippen molar-refractivity contribution in [2.45, 2.75) is 89.8 Å². The lowest BCUT2D eigenvalue weighted by molar-refractivity contribution is -0.137. The fourth-order valence-electron chi connectivity index (χ4n) is 5.96. The molecule has 1 aromatic heterocycles. The monoisotopic (exact) mass is 604 g/mol. The van der Waals surface area contributed by atoms with E-state index in [4.69, 9.17) is 4.74 Å². The maximum absolute atomic E-state index is 13.9. The van der Waals surface area contributed by atoms with Crippen LogP contribution in [0.3, 0.4) is 0 Å². The molecule has 43 heavy (non-hydrogen) atoms. The molecule has 4 aromatic rings. The van der Waals surface area contributed by atoms with Crippen molar-refractivity contribution < 1.29 is 23.1 Å². The van der Waals surface area contributed by atoms with Gasteiger partial charge in [0.2, 0.25) is 10.0 Å². The zero-order valence-electron chi connectivity index (χ0n) is 25.3. The number of benzene rings is 3. The minimum Gasteiger partial charge on any atom is -0.488 e. The average Bonchev–Trinajstić information content (AvgIpc) is 3.35. The van der Waals surface area contributed by atoms with Gasteiger partial charge in [-0.3, -0.25) is 4.79 Å². The first-order valence-electron chi connectivity index (χ1n) is 15.0. The molecule has 1 aliphatic rings. The predicted molar refractivity (Wildman–Crippen MR) is 166 cm³/mol. The van der Waals surface area contributed by atoms with Crippen molar-refractivity contribution in [3.63, 3.8) is 0 Å². The number of aliphatic carboxylic acids is 1. The molecule has 2 heterocycles. The van der Waals surface area contributed by atoms with Crippen molar-refractivity contribution in [2.75, 3.05) is 6.54 Å². The van der Waals surface area contributed by atoms with Gasteiger partial charge >= 0.3 is 5.97 Å². The van der Waals surface area contributed by atoms with Gasteiger partial charge in [0.1, 0.15) is 22.3 Å². The topological polar surface area (TPSA) is 115 Å². The third kappa shape index (κ3) is 6.31. The summed E-state index contributed by atoms with van der Waals surface area (Å²) in [6.07, 6.45) is 3.22. The van der Waals surface area contributed by atoms with E-state index < -0.39 is 21.9 Å². The fraction of sp³-hybridized carbons (Fsp3) is 0.424. The van der Waals surface area contributed by atoms with Gasteiger partial charge < -0.3 is 9.84 Å². The van der Waals surface area contributed by atoms with Gasteiger partial charge in [-0.05, 0) is 79.1 Å². The lowest BCUT2D eigenvalue weighted by atomic mass is 9.84. The fourth-order valence-corrected chi connectivity index (χ4v) is 7.53. The van der Waals surface area contributed by atoms with Crippen LogP contribution in [0.25, 0.3) is 11.0 Å². The number of fused-ring (bicyclic) bond motifs is 2. The number of hydrogen-bond donors (Lipinski definition) is 1. The number of nitrogens with zero attached hydrogens (tertiary/aromatic N) is 4. The molecule has 0 radical (unpaired) electrons. The Bertz CT molecular complexity index is 1730. The van der Waals surface area contributed by atoms with E-state index >= 15 is 0 Å². The number of ether oxygens (including phenoxy) is 1. The van der Waals surface area contributed by atoms with E-state index in [9.17, 15) is 18.3 Å². The number of carboxylic acid groups (broad SMARTS) is 1. The summed E-state index contributed by atoms with van der Waals surface area (Å²) >= 11 is 0. The standard InChI is InChI=1S/C33H40N4O5S/c1-5-7-10-26-21-36(43(40,41)31-12-9-8-11-30(31)42-26)20-25-18-24(14-13-22(25)3)28(19-32(38)39)27-15-16-29-33(23(27)4)34-35-37(29)17-6-2/h8-9,11-16,18,26,28H,5-7,10,17,19-21H2,1-4H3,(H,38,39). The third-order valence-corrected chi connectivity index (χ3v) is 10.2. The zero-order valence-corrected chi connectivity index (χ0v) is 26.1. The minimum atomic E-state index is -3.83. The third-order valence-electron chi connectivity index (χ3n) is 8.34. The summed E-state index contributed by atoms with van der Waals surface area (Å²) in [4.78, 5) is 12.3. The Balaban J connectivity index is 1.54. The Hall–Kier alpha value is -3.76. The molecule has 2 atom stereocenters. The van der Waals surface area contributed by atoms with Crippen LogP contribution >= 0.6 is 0 Å². The molecule has 10 heteroatoms. The predicted octanol–water partition coefficient (Wildman–Crippen LogP) is 6.21. The zero-order chi connectivity index (χ0) is 30.7. The van der Waals surface area contributed by atoms with Crippen LogP contribution in [-0.2, 0) is 27.9 Å². The summed E-state index contributed by atoms with van der Waals surface area (Å²) in [6, 6.07) is 16.6. The van der Waals surface area contributed by atoms with Gasteiger partial charge in [0.25, 0.3) is 0 Å². The summed E-state index contributed by atoms with van der Waals surface area (Å²) in [5, 5.41) is 18.7. The molecule has 1 aliphatic heterocycles. The number of carboxylic acids is 1. The summed E-state index contributed by atoms with van der Waals surface area (Å²) in [6.45, 7) is 9.26. The van der Waals surface area contributed by atoms with Crippen LogP contribution in [0.1, 0.15) is 79.7 Å². The van der Waals surface area contributed by atoms with E-state index in [2.05, 4.69) is 24.2 Å². The van der Waals surface area contributed by atoms with Crippen LogP contribution in [0.5, 0.6) is 5.75 Å². The highest BCUT2D eigenvalue weighted by Gasteiger charge is 2.35. The maximum atomic E-state index is 13.9. The SMILES string of the molecule is CCCCC1CN(Cc2cc(C(CC(=O)O)c3ccc4c(nnn4CCC)c3C)ccc2C)S(=O)(=O)c2ccccc2O1. The van der Waals surface area contributed by atoms with Crippen LogP contribution in [0, 0.1) is 13.8 Å². The Morgan fingerprint density at radius 1 is 1.09 bits per heavy atom. The van der Waals surface area contributed by atoms with E-state index in [-0.39, 0.29) is 30.5 Å². The Kier molecular flexibility index (Phi) is 9.17. The van der Waals surface area contributed by atoms with E-state index in [1.54, 1.807) is 24.3 Å². The Labute approximate surface area is 253 Å². The highest BCUT2D eigenvalue weighted by Crippen LogP contribution is 2.36. The van der Waals surface area contributed by atoms with Gasteiger partial charge in [-0.15, -0.1) is 5.10 Å². The van der Waals surface area contributed by atoms with Crippen molar-refractivity contribution in [1.82, 2.24) is 19.3 Å². The van der Waals surface area contributed by atoms with Crippen LogP contribution < -0.4 is 4.74 Å². The highest BCUT2D eigenvalue weighted by molar-refractivity contribution is 7.89. The lowest BCUT2D eigenvalue weighted by Crippen LogP contribution is -2.36. The summed E-state index contributed by atoms with van der Waals surface area (Å²) in [5.74, 6) is -0.969. The number of unbranched alkanes of at least 4 members (excludes halogenated alkanes) is 1. The first kappa shape index (κ1) is 30.7. The van der Waals surface area contributed by atoms with Crippen molar-refractivity contribution in [1.29, 1.82) is 0 Å². The van der Waals surface area contributed by atoms with Gasteiger partial charge in [-0.1, -0.05) is 61.9 Å². The van der Waals surface area contributed by atoms with E-state index in [1.165, 1.54) is 4.31 Å². The molecule has 0 saturated carbocycles. The van der Waals surface area contributed by atoms with Gasteiger partial charge in [-0.25, -0.2) is 13.1 Å². The van der Waals surface area contributed by atoms with Crippen molar-refractivity contribution in [3.8, 4) is 5.75 Å². The first-order chi connectivity index (χ1) is 20.6. The van der Waals surface area contributed by atoms with E-state index in [0.29, 0.717) is 5.75 Å². The summed E-state index contributed by atoms with van der Waals surface area (Å²) < 4.78 is 37.4. The van der Waals surface area contributed by atoms with Crippen LogP contribution in [0.4, 0.5) is 0 Å². The van der Waals surface area contributed by atoms with Crippen LogP contribution in [-0.4, -0.2) is 51.4 Å². The van der Waals surface area contributed by atoms with E-state index in [0.717, 1.165) is 71.1 Å². The quantitative estimate of drug-likeness (QED) is 0.217. The molecule has 3 aromatic carbocycles. The molecule has 5 rings (SSSR count). The van der Waals surface area contributed by atoms with E-state index in [1.807, 2.05) is 48.9 Å². The molecular formula is C33H40N4O5S. The summed E-state index contributed by atoms with van der Waals surface area (Å²) in [7, 11) is -3.83. The lowest BCUT2D eigenvalue weighted by Gasteiger charge is -2.25. The normalized spacial score (nSPS) is 17.3. The molecule has 0 fully saturated rings.